The average molecular weight is 159 g/mol. The number of amides is 1. The summed E-state index contributed by atoms with van der Waals surface area (Å²) in [5.74, 6) is -0.315. The zero-order valence-electron chi connectivity index (χ0n) is 6.85. The lowest BCUT2D eigenvalue weighted by atomic mass is 10.3. The molecule has 0 aromatic carbocycles. The van der Waals surface area contributed by atoms with Gasteiger partial charge in [-0.25, -0.2) is 0 Å². The lowest BCUT2D eigenvalue weighted by molar-refractivity contribution is -0.140. The van der Waals surface area contributed by atoms with Crippen molar-refractivity contribution in [2.24, 2.45) is 0 Å². The largest absolute Gasteiger partial charge is 0.469 e. The molecule has 1 amide bonds. The molecule has 0 aliphatic carbocycles. The summed E-state index contributed by atoms with van der Waals surface area (Å²) >= 11 is 0. The molecule has 0 radical (unpaired) electrons. The summed E-state index contributed by atoms with van der Waals surface area (Å²) in [4.78, 5) is 20.9. The molecular formula is C7H13NO3. The minimum Gasteiger partial charge on any atom is -0.469 e. The van der Waals surface area contributed by atoms with Crippen molar-refractivity contribution in [2.45, 2.75) is 19.8 Å². The van der Waals surface area contributed by atoms with Crippen LogP contribution in [0.2, 0.25) is 0 Å². The molecule has 0 fully saturated rings. The summed E-state index contributed by atoms with van der Waals surface area (Å²) in [5.41, 5.74) is 0. The summed E-state index contributed by atoms with van der Waals surface area (Å²) in [6, 6.07) is 0. The van der Waals surface area contributed by atoms with Gasteiger partial charge in [0.25, 0.3) is 0 Å². The van der Waals surface area contributed by atoms with Gasteiger partial charge in [-0.1, -0.05) is 0 Å². The number of hydrogen-bond acceptors (Lipinski definition) is 3. The molecule has 0 aliphatic heterocycles. The van der Waals surface area contributed by atoms with Crippen molar-refractivity contribution >= 4 is 11.9 Å². The predicted octanol–water partition coefficient (Wildman–Crippen LogP) is 0.0757. The maximum absolute atomic E-state index is 10.5. The van der Waals surface area contributed by atoms with Crippen molar-refractivity contribution in [1.82, 2.24) is 5.32 Å². The summed E-state index contributed by atoms with van der Waals surface area (Å²) in [6.07, 6.45) is 0.989. The summed E-state index contributed by atoms with van der Waals surface area (Å²) < 4.78 is 4.41. The van der Waals surface area contributed by atoms with E-state index < -0.39 is 0 Å². The van der Waals surface area contributed by atoms with Crippen molar-refractivity contribution < 1.29 is 14.3 Å². The Morgan fingerprint density at radius 2 is 2.09 bits per heavy atom. The van der Waals surface area contributed by atoms with Crippen molar-refractivity contribution in [3.05, 3.63) is 0 Å². The molecular weight excluding hydrogens is 146 g/mol. The van der Waals surface area contributed by atoms with Crippen molar-refractivity contribution in [3.63, 3.8) is 0 Å². The fourth-order valence-corrected chi connectivity index (χ4v) is 0.599. The highest BCUT2D eigenvalue weighted by Gasteiger charge is 1.98. The average Bonchev–Trinajstić information content (AvgIpc) is 1.97. The molecule has 4 heteroatoms. The van der Waals surface area contributed by atoms with Crippen molar-refractivity contribution in [1.29, 1.82) is 0 Å². The molecule has 1 N–H and O–H groups in total. The van der Waals surface area contributed by atoms with Crippen LogP contribution in [0.3, 0.4) is 0 Å². The first kappa shape index (κ1) is 9.94. The Morgan fingerprint density at radius 1 is 1.45 bits per heavy atom. The van der Waals surface area contributed by atoms with Gasteiger partial charge in [-0.3, -0.25) is 9.59 Å². The fraction of sp³-hybridized carbons (Fsp3) is 0.714. The van der Waals surface area contributed by atoms with Crippen LogP contribution in [0.15, 0.2) is 0 Å². The van der Waals surface area contributed by atoms with E-state index in [9.17, 15) is 9.59 Å². The van der Waals surface area contributed by atoms with Crippen molar-refractivity contribution in [3.8, 4) is 0 Å². The zero-order chi connectivity index (χ0) is 8.69. The van der Waals surface area contributed by atoms with Crippen LogP contribution >= 0.6 is 0 Å². The molecule has 0 rings (SSSR count). The van der Waals surface area contributed by atoms with Crippen LogP contribution < -0.4 is 5.32 Å². The number of methoxy groups -OCH3 is 1. The lowest BCUT2D eigenvalue weighted by Crippen LogP contribution is -2.21. The SMILES string of the molecule is COC(=O)CCCNC(C)=O. The van der Waals surface area contributed by atoms with Crippen LogP contribution in [0, 0.1) is 0 Å². The third-order valence-corrected chi connectivity index (χ3v) is 1.16. The first-order chi connectivity index (χ1) is 5.16. The Morgan fingerprint density at radius 3 is 2.55 bits per heavy atom. The van der Waals surface area contributed by atoms with E-state index in [-0.39, 0.29) is 11.9 Å². The van der Waals surface area contributed by atoms with Crippen LogP contribution in [0.4, 0.5) is 0 Å². The second kappa shape index (κ2) is 5.70. The van der Waals surface area contributed by atoms with Crippen LogP contribution in [0.25, 0.3) is 0 Å². The summed E-state index contributed by atoms with van der Waals surface area (Å²) in [6.45, 7) is 1.97. The Bertz CT molecular complexity index is 145. The standard InChI is InChI=1S/C7H13NO3/c1-6(9)8-5-3-4-7(10)11-2/h3-5H2,1-2H3,(H,8,9). The molecule has 0 saturated heterocycles. The summed E-state index contributed by atoms with van der Waals surface area (Å²) in [7, 11) is 1.35. The molecule has 0 atom stereocenters. The van der Waals surface area contributed by atoms with Gasteiger partial charge in [-0.05, 0) is 6.42 Å². The topological polar surface area (TPSA) is 55.4 Å². The van der Waals surface area contributed by atoms with Crippen LogP contribution in [0.1, 0.15) is 19.8 Å². The number of hydrogen-bond donors (Lipinski definition) is 1. The van der Waals surface area contributed by atoms with Crippen LogP contribution in [-0.4, -0.2) is 25.5 Å². The Kier molecular flexibility index (Phi) is 5.15. The van der Waals surface area contributed by atoms with E-state index in [0.717, 1.165) is 0 Å². The van der Waals surface area contributed by atoms with Gasteiger partial charge in [0.1, 0.15) is 0 Å². The molecule has 0 aliphatic rings. The Hall–Kier alpha value is -1.06. The first-order valence-electron chi connectivity index (χ1n) is 3.48. The van der Waals surface area contributed by atoms with Gasteiger partial charge in [-0.2, -0.15) is 0 Å². The van der Waals surface area contributed by atoms with Gasteiger partial charge in [0.05, 0.1) is 7.11 Å². The summed E-state index contributed by atoms with van der Waals surface area (Å²) in [5, 5.41) is 2.58. The second-order valence-electron chi connectivity index (χ2n) is 2.16. The molecule has 64 valence electrons. The van der Waals surface area contributed by atoms with Gasteiger partial charge in [-0.15, -0.1) is 0 Å². The maximum Gasteiger partial charge on any atom is 0.305 e. The minimum atomic E-state index is -0.240. The van der Waals surface area contributed by atoms with Crippen LogP contribution in [-0.2, 0) is 14.3 Å². The smallest absolute Gasteiger partial charge is 0.305 e. The number of esters is 1. The molecule has 0 spiro atoms. The third kappa shape index (κ3) is 6.83. The lowest BCUT2D eigenvalue weighted by Gasteiger charge is -1.99. The highest BCUT2D eigenvalue weighted by molar-refractivity contribution is 5.73. The number of ether oxygens (including phenoxy) is 1. The number of rotatable bonds is 4. The van der Waals surface area contributed by atoms with E-state index in [1.54, 1.807) is 0 Å². The van der Waals surface area contributed by atoms with E-state index in [0.29, 0.717) is 19.4 Å². The van der Waals surface area contributed by atoms with E-state index in [1.165, 1.54) is 14.0 Å². The van der Waals surface area contributed by atoms with Gasteiger partial charge in [0.15, 0.2) is 0 Å². The molecule has 0 aromatic rings. The van der Waals surface area contributed by atoms with E-state index in [1.807, 2.05) is 0 Å². The highest BCUT2D eigenvalue weighted by Crippen LogP contribution is 1.88. The highest BCUT2D eigenvalue weighted by atomic mass is 16.5. The molecule has 0 aromatic heterocycles. The van der Waals surface area contributed by atoms with Gasteiger partial charge < -0.3 is 10.1 Å². The second-order valence-corrected chi connectivity index (χ2v) is 2.16. The fourth-order valence-electron chi connectivity index (χ4n) is 0.599. The van der Waals surface area contributed by atoms with Gasteiger partial charge in [0, 0.05) is 19.9 Å². The van der Waals surface area contributed by atoms with Crippen molar-refractivity contribution in [2.75, 3.05) is 13.7 Å². The number of carbonyl (C=O) groups excluding carboxylic acids is 2. The number of carbonyl (C=O) groups is 2. The van der Waals surface area contributed by atoms with Gasteiger partial charge >= 0.3 is 5.97 Å². The third-order valence-electron chi connectivity index (χ3n) is 1.16. The maximum atomic E-state index is 10.5. The molecule has 11 heavy (non-hydrogen) atoms. The molecule has 0 unspecified atom stereocenters. The minimum absolute atomic E-state index is 0.0742. The molecule has 0 saturated carbocycles. The van der Waals surface area contributed by atoms with E-state index in [4.69, 9.17) is 0 Å². The van der Waals surface area contributed by atoms with Crippen LogP contribution in [0.5, 0.6) is 0 Å². The zero-order valence-corrected chi connectivity index (χ0v) is 6.85. The monoisotopic (exact) mass is 159 g/mol. The normalized spacial score (nSPS) is 8.91. The Labute approximate surface area is 65.9 Å². The first-order valence-corrected chi connectivity index (χ1v) is 3.48. The van der Waals surface area contributed by atoms with E-state index in [2.05, 4.69) is 10.1 Å². The number of nitrogens with one attached hydrogen (secondary N) is 1. The molecule has 0 bridgehead atoms. The molecule has 4 nitrogen and oxygen atoms in total. The van der Waals surface area contributed by atoms with E-state index >= 15 is 0 Å². The Balaban J connectivity index is 3.14. The predicted molar refractivity (Wildman–Crippen MR) is 39.9 cm³/mol. The molecule has 0 heterocycles. The van der Waals surface area contributed by atoms with Gasteiger partial charge in [0.2, 0.25) is 5.91 Å². The quantitative estimate of drug-likeness (QED) is 0.466.